The molecule has 2 atom stereocenters. The van der Waals surface area contributed by atoms with Gasteiger partial charge in [-0.1, -0.05) is 75.2 Å². The highest BCUT2D eigenvalue weighted by Gasteiger charge is 2.61. The van der Waals surface area contributed by atoms with E-state index in [1.165, 1.54) is 5.56 Å². The molecule has 0 amide bonds. The third-order valence-electron chi connectivity index (χ3n) is 4.47. The third-order valence-corrected chi connectivity index (χ3v) is 4.72. The van der Waals surface area contributed by atoms with Crippen LogP contribution < -0.4 is 0 Å². The summed E-state index contributed by atoms with van der Waals surface area (Å²) in [7, 11) is 0. The van der Waals surface area contributed by atoms with Crippen LogP contribution in [-0.2, 0) is 16.1 Å². The number of esters is 1. The molecular formula is C18H22Cl2O2. The maximum Gasteiger partial charge on any atom is 0.310 e. The lowest BCUT2D eigenvalue weighted by atomic mass is 10.0. The molecule has 0 aliphatic heterocycles. The third kappa shape index (κ3) is 3.85. The summed E-state index contributed by atoms with van der Waals surface area (Å²) in [5, 5.41) is 0. The van der Waals surface area contributed by atoms with Gasteiger partial charge in [-0.3, -0.25) is 4.79 Å². The van der Waals surface area contributed by atoms with Gasteiger partial charge < -0.3 is 4.74 Å². The molecule has 1 aliphatic carbocycles. The maximum absolute atomic E-state index is 12.3. The lowest BCUT2D eigenvalue weighted by Gasteiger charge is -2.09. The molecule has 22 heavy (non-hydrogen) atoms. The highest BCUT2D eigenvalue weighted by atomic mass is 35.5. The molecule has 0 spiro atoms. The van der Waals surface area contributed by atoms with Crippen LogP contribution in [0.3, 0.4) is 0 Å². The second kappa shape index (κ2) is 6.64. The zero-order valence-corrected chi connectivity index (χ0v) is 14.9. The molecule has 120 valence electrons. The minimum atomic E-state index is -0.184. The van der Waals surface area contributed by atoms with Crippen LogP contribution in [0.4, 0.5) is 0 Å². The summed E-state index contributed by atoms with van der Waals surface area (Å²) in [6, 6.07) is 8.15. The van der Waals surface area contributed by atoms with Crippen molar-refractivity contribution in [3.8, 4) is 0 Å². The van der Waals surface area contributed by atoms with Crippen LogP contribution in [0, 0.1) is 17.3 Å². The minimum Gasteiger partial charge on any atom is -0.461 e. The van der Waals surface area contributed by atoms with Crippen LogP contribution >= 0.6 is 23.2 Å². The van der Waals surface area contributed by atoms with Crippen LogP contribution in [0.1, 0.15) is 44.7 Å². The predicted molar refractivity (Wildman–Crippen MR) is 90.9 cm³/mol. The molecule has 0 bridgehead atoms. The zero-order chi connectivity index (χ0) is 16.5. The summed E-state index contributed by atoms with van der Waals surface area (Å²) in [6.07, 6.45) is 1.73. The van der Waals surface area contributed by atoms with Gasteiger partial charge in [0.25, 0.3) is 0 Å². The summed E-state index contributed by atoms with van der Waals surface area (Å²) in [5.74, 6) is 0.148. The van der Waals surface area contributed by atoms with Gasteiger partial charge in [0, 0.05) is 0 Å². The van der Waals surface area contributed by atoms with Gasteiger partial charge in [0.1, 0.15) is 11.1 Å². The number of allylic oxidation sites excluding steroid dienone is 1. The monoisotopic (exact) mass is 340 g/mol. The van der Waals surface area contributed by atoms with E-state index in [2.05, 4.69) is 26.0 Å². The Kier molecular flexibility index (Phi) is 5.24. The summed E-state index contributed by atoms with van der Waals surface area (Å²) in [5.41, 5.74) is 2.11. The second-order valence-electron chi connectivity index (χ2n) is 6.79. The normalized spacial score (nSPS) is 22.3. The Balaban J connectivity index is 1.97. The average molecular weight is 341 g/mol. The number of rotatable bonds is 5. The zero-order valence-electron chi connectivity index (χ0n) is 13.4. The first-order chi connectivity index (χ1) is 10.2. The van der Waals surface area contributed by atoms with E-state index < -0.39 is 0 Å². The van der Waals surface area contributed by atoms with Gasteiger partial charge in [0.15, 0.2) is 0 Å². The smallest absolute Gasteiger partial charge is 0.310 e. The molecule has 4 heteroatoms. The average Bonchev–Trinajstić information content (AvgIpc) is 2.96. The number of carbonyl (C=O) groups excluding carboxylic acids is 1. The number of hydrogen-bond donors (Lipinski definition) is 0. The first-order valence-electron chi connectivity index (χ1n) is 7.51. The van der Waals surface area contributed by atoms with Crippen molar-refractivity contribution in [1.29, 1.82) is 0 Å². The number of halogens is 2. The van der Waals surface area contributed by atoms with Crippen LogP contribution in [0.15, 0.2) is 34.8 Å². The summed E-state index contributed by atoms with van der Waals surface area (Å²) in [4.78, 5) is 12.3. The number of hydrogen-bond acceptors (Lipinski definition) is 2. The van der Waals surface area contributed by atoms with E-state index >= 15 is 0 Å². The van der Waals surface area contributed by atoms with Crippen molar-refractivity contribution in [2.45, 2.75) is 40.2 Å². The second-order valence-corrected chi connectivity index (χ2v) is 7.80. The molecule has 0 heterocycles. The first kappa shape index (κ1) is 17.4. The standard InChI is InChI=1S/C18H22Cl2O2/c1-11(2)13-7-5-6-12(8-13)10-22-17(21)16-14(9-15(19)20)18(16,3)4/h5-9,11,14,16H,10H2,1-4H3. The molecule has 1 aliphatic rings. The van der Waals surface area contributed by atoms with Crippen molar-refractivity contribution in [2.75, 3.05) is 0 Å². The SMILES string of the molecule is CC(C)c1cccc(COC(=O)C2C(C=C(Cl)Cl)C2(C)C)c1. The van der Waals surface area contributed by atoms with Gasteiger partial charge in [0.05, 0.1) is 5.92 Å². The number of benzene rings is 1. The number of carbonyl (C=O) groups is 1. The van der Waals surface area contributed by atoms with Gasteiger partial charge in [-0.25, -0.2) is 0 Å². The largest absolute Gasteiger partial charge is 0.461 e. The van der Waals surface area contributed by atoms with Crippen LogP contribution in [0.2, 0.25) is 0 Å². The fraction of sp³-hybridized carbons (Fsp3) is 0.500. The maximum atomic E-state index is 12.3. The van der Waals surface area contributed by atoms with Crippen LogP contribution in [0.25, 0.3) is 0 Å². The van der Waals surface area contributed by atoms with Crippen LogP contribution in [-0.4, -0.2) is 5.97 Å². The van der Waals surface area contributed by atoms with Crippen molar-refractivity contribution in [2.24, 2.45) is 17.3 Å². The first-order valence-corrected chi connectivity index (χ1v) is 8.27. The van der Waals surface area contributed by atoms with E-state index in [9.17, 15) is 4.79 Å². The topological polar surface area (TPSA) is 26.3 Å². The molecule has 2 rings (SSSR count). The Morgan fingerprint density at radius 3 is 2.64 bits per heavy atom. The quantitative estimate of drug-likeness (QED) is 0.666. The molecule has 0 saturated heterocycles. The molecule has 1 aromatic carbocycles. The summed E-state index contributed by atoms with van der Waals surface area (Å²) in [6.45, 7) is 8.64. The molecule has 0 aromatic heterocycles. The molecule has 1 saturated carbocycles. The van der Waals surface area contributed by atoms with Gasteiger partial charge in [-0.2, -0.15) is 0 Å². The molecule has 0 radical (unpaired) electrons. The van der Waals surface area contributed by atoms with E-state index in [4.69, 9.17) is 27.9 Å². The predicted octanol–water partition coefficient (Wildman–Crippen LogP) is 5.44. The molecule has 0 N–H and O–H groups in total. The van der Waals surface area contributed by atoms with Gasteiger partial charge in [0.2, 0.25) is 0 Å². The fourth-order valence-electron chi connectivity index (χ4n) is 2.86. The summed E-state index contributed by atoms with van der Waals surface area (Å²) >= 11 is 11.4. The lowest BCUT2D eigenvalue weighted by molar-refractivity contribution is -0.147. The van der Waals surface area contributed by atoms with E-state index in [1.54, 1.807) is 6.08 Å². The van der Waals surface area contributed by atoms with Gasteiger partial charge in [-0.15, -0.1) is 0 Å². The summed E-state index contributed by atoms with van der Waals surface area (Å²) < 4.78 is 5.69. The van der Waals surface area contributed by atoms with Gasteiger partial charge >= 0.3 is 5.97 Å². The van der Waals surface area contributed by atoms with Crippen molar-refractivity contribution >= 4 is 29.2 Å². The fourth-order valence-corrected chi connectivity index (χ4v) is 3.13. The minimum absolute atomic E-state index is 0.0481. The Hall–Kier alpha value is -0.990. The lowest BCUT2D eigenvalue weighted by Crippen LogP contribution is -2.10. The van der Waals surface area contributed by atoms with Crippen molar-refractivity contribution in [3.05, 3.63) is 46.0 Å². The Morgan fingerprint density at radius 2 is 2.05 bits per heavy atom. The number of ether oxygens (including phenoxy) is 1. The van der Waals surface area contributed by atoms with E-state index in [0.717, 1.165) is 5.56 Å². The molecule has 1 aromatic rings. The van der Waals surface area contributed by atoms with Crippen molar-refractivity contribution in [3.63, 3.8) is 0 Å². The molecule has 2 nitrogen and oxygen atoms in total. The highest BCUT2D eigenvalue weighted by molar-refractivity contribution is 6.55. The van der Waals surface area contributed by atoms with Gasteiger partial charge in [-0.05, 0) is 34.5 Å². The molecule has 2 unspecified atom stereocenters. The molecular weight excluding hydrogens is 319 g/mol. The van der Waals surface area contributed by atoms with Crippen molar-refractivity contribution in [1.82, 2.24) is 0 Å². The van der Waals surface area contributed by atoms with Crippen LogP contribution in [0.5, 0.6) is 0 Å². The van der Waals surface area contributed by atoms with E-state index in [0.29, 0.717) is 12.5 Å². The van der Waals surface area contributed by atoms with E-state index in [-0.39, 0.29) is 27.7 Å². The Bertz CT molecular complexity index is 587. The Morgan fingerprint density at radius 1 is 1.36 bits per heavy atom. The Labute approximate surface area is 142 Å². The van der Waals surface area contributed by atoms with Crippen molar-refractivity contribution < 1.29 is 9.53 Å². The molecule has 1 fully saturated rings. The van der Waals surface area contributed by atoms with E-state index in [1.807, 2.05) is 26.0 Å². The highest BCUT2D eigenvalue weighted by Crippen LogP contribution is 2.60.